The van der Waals surface area contributed by atoms with E-state index in [1.54, 1.807) is 12.1 Å². The summed E-state index contributed by atoms with van der Waals surface area (Å²) < 4.78 is 13.1. The Bertz CT molecular complexity index is 404. The summed E-state index contributed by atoms with van der Waals surface area (Å²) in [5.41, 5.74) is 0.475. The van der Waals surface area contributed by atoms with Crippen molar-refractivity contribution in [3.63, 3.8) is 0 Å². The first kappa shape index (κ1) is 9.48. The van der Waals surface area contributed by atoms with Gasteiger partial charge in [0.15, 0.2) is 0 Å². The molecular weight excluding hydrogens is 201 g/mol. The van der Waals surface area contributed by atoms with Crippen molar-refractivity contribution in [1.82, 2.24) is 0 Å². The van der Waals surface area contributed by atoms with Gasteiger partial charge in [0.1, 0.15) is 5.82 Å². The molecule has 0 atom stereocenters. The van der Waals surface area contributed by atoms with Crippen LogP contribution in [0.15, 0.2) is 18.2 Å². The molecule has 0 bridgehead atoms. The van der Waals surface area contributed by atoms with Crippen molar-refractivity contribution in [3.8, 4) is 6.07 Å². The van der Waals surface area contributed by atoms with Gasteiger partial charge in [-0.05, 0) is 30.9 Å². The molecule has 1 aliphatic rings. The Morgan fingerprint density at radius 3 is 2.79 bits per heavy atom. The second-order valence-corrected chi connectivity index (χ2v) is 4.16. The fourth-order valence-corrected chi connectivity index (χ4v) is 1.72. The summed E-state index contributed by atoms with van der Waals surface area (Å²) in [6.45, 7) is 0. The normalized spacial score (nSPS) is 17.5. The molecule has 0 aromatic heterocycles. The lowest BCUT2D eigenvalue weighted by Gasteiger charge is -2.07. The zero-order valence-electron chi connectivity index (χ0n) is 7.56. The van der Waals surface area contributed by atoms with Crippen molar-refractivity contribution in [2.45, 2.75) is 19.3 Å². The smallest absolute Gasteiger partial charge is 0.142 e. The molecule has 1 fully saturated rings. The van der Waals surface area contributed by atoms with Gasteiger partial charge in [-0.2, -0.15) is 5.26 Å². The first-order valence-corrected chi connectivity index (χ1v) is 4.89. The van der Waals surface area contributed by atoms with Crippen LogP contribution in [0.4, 0.5) is 4.39 Å². The maximum Gasteiger partial charge on any atom is 0.142 e. The molecule has 1 saturated carbocycles. The molecule has 1 aromatic rings. The molecule has 0 unspecified atom stereocenters. The minimum Gasteiger partial charge on any atom is -0.205 e. The number of rotatable bonds is 2. The number of hydrogen-bond donors (Lipinski definition) is 0. The van der Waals surface area contributed by atoms with Crippen LogP contribution >= 0.6 is 11.6 Å². The molecular formula is C11H9ClFN. The number of hydrogen-bond acceptors (Lipinski definition) is 1. The maximum atomic E-state index is 13.1. The van der Waals surface area contributed by atoms with E-state index in [1.807, 2.05) is 0 Å². The summed E-state index contributed by atoms with van der Waals surface area (Å²) in [7, 11) is 0. The highest BCUT2D eigenvalue weighted by atomic mass is 35.5. The molecule has 1 aliphatic carbocycles. The number of nitriles is 1. The molecule has 0 spiro atoms. The molecule has 1 nitrogen and oxygen atoms in total. The topological polar surface area (TPSA) is 23.8 Å². The Labute approximate surface area is 87.1 Å². The number of halogens is 2. The lowest BCUT2D eigenvalue weighted by molar-refractivity contribution is 0.616. The zero-order chi connectivity index (χ0) is 10.2. The molecule has 0 radical (unpaired) electrons. The Morgan fingerprint density at radius 1 is 1.50 bits per heavy atom. The number of benzene rings is 1. The highest BCUT2D eigenvalue weighted by Crippen LogP contribution is 2.48. The predicted molar refractivity (Wildman–Crippen MR) is 52.4 cm³/mol. The van der Waals surface area contributed by atoms with Crippen molar-refractivity contribution in [1.29, 1.82) is 5.26 Å². The van der Waals surface area contributed by atoms with E-state index in [9.17, 15) is 4.39 Å². The van der Waals surface area contributed by atoms with Crippen molar-refractivity contribution in [2.75, 3.05) is 0 Å². The minimum absolute atomic E-state index is 0.161. The van der Waals surface area contributed by atoms with E-state index >= 15 is 0 Å². The molecule has 3 heteroatoms. The van der Waals surface area contributed by atoms with Gasteiger partial charge in [-0.3, -0.25) is 0 Å². The van der Waals surface area contributed by atoms with Crippen molar-refractivity contribution >= 4 is 11.6 Å². The Kier molecular flexibility index (Phi) is 2.20. The first-order valence-electron chi connectivity index (χ1n) is 4.51. The fourth-order valence-electron chi connectivity index (χ4n) is 1.53. The van der Waals surface area contributed by atoms with Gasteiger partial charge < -0.3 is 0 Å². The van der Waals surface area contributed by atoms with E-state index in [4.69, 9.17) is 16.9 Å². The van der Waals surface area contributed by atoms with Crippen molar-refractivity contribution in [3.05, 3.63) is 34.6 Å². The van der Waals surface area contributed by atoms with Crippen LogP contribution in [0.5, 0.6) is 0 Å². The van der Waals surface area contributed by atoms with Crippen LogP contribution in [-0.4, -0.2) is 0 Å². The summed E-state index contributed by atoms with van der Waals surface area (Å²) in [5, 5.41) is 9.05. The van der Waals surface area contributed by atoms with Gasteiger partial charge in [0, 0.05) is 0 Å². The van der Waals surface area contributed by atoms with Crippen LogP contribution in [0.1, 0.15) is 18.4 Å². The highest BCUT2D eigenvalue weighted by molar-refractivity contribution is 6.31. The van der Waals surface area contributed by atoms with E-state index in [0.29, 0.717) is 6.42 Å². The van der Waals surface area contributed by atoms with Gasteiger partial charge >= 0.3 is 0 Å². The summed E-state index contributed by atoms with van der Waals surface area (Å²) in [4.78, 5) is 0. The van der Waals surface area contributed by atoms with Crippen molar-refractivity contribution in [2.24, 2.45) is 5.41 Å². The molecule has 72 valence electrons. The van der Waals surface area contributed by atoms with E-state index in [-0.39, 0.29) is 10.4 Å². The third-order valence-corrected chi connectivity index (χ3v) is 3.07. The van der Waals surface area contributed by atoms with E-state index in [1.165, 1.54) is 6.07 Å². The molecule has 0 N–H and O–H groups in total. The highest BCUT2D eigenvalue weighted by Gasteiger charge is 2.43. The second-order valence-electron chi connectivity index (χ2n) is 3.78. The minimum atomic E-state index is -0.405. The Hall–Kier alpha value is -1.07. The lowest BCUT2D eigenvalue weighted by atomic mass is 9.98. The summed E-state index contributed by atoms with van der Waals surface area (Å²) in [6, 6.07) is 7.01. The molecule has 2 rings (SSSR count). The maximum absolute atomic E-state index is 13.1. The molecule has 0 aliphatic heterocycles. The van der Waals surface area contributed by atoms with Crippen LogP contribution in [-0.2, 0) is 6.42 Å². The second kappa shape index (κ2) is 3.25. The largest absolute Gasteiger partial charge is 0.205 e. The Balaban J connectivity index is 2.26. The van der Waals surface area contributed by atoms with Crippen LogP contribution in [0.3, 0.4) is 0 Å². The van der Waals surface area contributed by atoms with Gasteiger partial charge in [-0.15, -0.1) is 0 Å². The fraction of sp³-hybridized carbons (Fsp3) is 0.364. The van der Waals surface area contributed by atoms with Gasteiger partial charge in [0.05, 0.1) is 16.5 Å². The van der Waals surface area contributed by atoms with Crippen LogP contribution in [0, 0.1) is 22.6 Å². The quantitative estimate of drug-likeness (QED) is 0.733. The molecule has 14 heavy (non-hydrogen) atoms. The molecule has 0 amide bonds. The van der Waals surface area contributed by atoms with Gasteiger partial charge in [-0.1, -0.05) is 23.7 Å². The van der Waals surface area contributed by atoms with Gasteiger partial charge in [-0.25, -0.2) is 4.39 Å². The molecule has 0 saturated heterocycles. The third kappa shape index (κ3) is 1.60. The van der Waals surface area contributed by atoms with Crippen LogP contribution in [0.25, 0.3) is 0 Å². The molecule has 1 aromatic carbocycles. The monoisotopic (exact) mass is 209 g/mol. The lowest BCUT2D eigenvalue weighted by Crippen LogP contribution is -2.02. The van der Waals surface area contributed by atoms with Gasteiger partial charge in [0.2, 0.25) is 0 Å². The Morgan fingerprint density at radius 2 is 2.21 bits per heavy atom. The summed E-state index contributed by atoms with van der Waals surface area (Å²) in [6.07, 6.45) is 2.37. The zero-order valence-corrected chi connectivity index (χ0v) is 8.31. The van der Waals surface area contributed by atoms with E-state index in [2.05, 4.69) is 6.07 Å². The average molecular weight is 210 g/mol. The van der Waals surface area contributed by atoms with Gasteiger partial charge in [0.25, 0.3) is 0 Å². The predicted octanol–water partition coefficient (Wildman–Crippen LogP) is 3.33. The summed E-state index contributed by atoms with van der Waals surface area (Å²) >= 11 is 5.80. The number of nitrogens with zero attached hydrogens (tertiary/aromatic N) is 1. The summed E-state index contributed by atoms with van der Waals surface area (Å²) in [5.74, 6) is -0.405. The van der Waals surface area contributed by atoms with Crippen LogP contribution < -0.4 is 0 Å². The van der Waals surface area contributed by atoms with E-state index < -0.39 is 5.82 Å². The first-order chi connectivity index (χ1) is 6.67. The average Bonchev–Trinajstić information content (AvgIpc) is 2.94. The van der Waals surface area contributed by atoms with Crippen LogP contribution in [0.2, 0.25) is 5.02 Å². The van der Waals surface area contributed by atoms with Crippen molar-refractivity contribution < 1.29 is 4.39 Å². The molecule has 0 heterocycles. The SMILES string of the molecule is N#CC1(Cc2cccc(F)c2Cl)CC1. The standard InChI is InChI=1S/C11H9ClFN/c12-10-8(2-1-3-9(10)13)6-11(7-14)4-5-11/h1-3H,4-6H2. The third-order valence-electron chi connectivity index (χ3n) is 2.65. The van der Waals surface area contributed by atoms with E-state index in [0.717, 1.165) is 18.4 Å².